The summed E-state index contributed by atoms with van der Waals surface area (Å²) in [6.45, 7) is 5.17. The summed E-state index contributed by atoms with van der Waals surface area (Å²) in [5.74, 6) is -0.0204. The van der Waals surface area contributed by atoms with Crippen LogP contribution in [0.25, 0.3) is 0 Å². The molecule has 0 spiro atoms. The van der Waals surface area contributed by atoms with Gasteiger partial charge in [0, 0.05) is 12.6 Å². The van der Waals surface area contributed by atoms with Crippen LogP contribution in [0.1, 0.15) is 29.4 Å². The number of nitrogens with zero attached hydrogens (tertiary/aromatic N) is 1. The van der Waals surface area contributed by atoms with Crippen molar-refractivity contribution < 1.29 is 4.79 Å². The molecule has 1 atom stereocenters. The maximum atomic E-state index is 11.8. The van der Waals surface area contributed by atoms with E-state index in [1.54, 1.807) is 12.1 Å². The molecule has 94 valence electrons. The number of nitrogens with one attached hydrogen (secondary N) is 1. The van der Waals surface area contributed by atoms with Crippen LogP contribution in [0.3, 0.4) is 0 Å². The number of halogens is 1. The molecule has 1 fully saturated rings. The normalized spacial score (nSPS) is 18.2. The van der Waals surface area contributed by atoms with Gasteiger partial charge >= 0.3 is 0 Å². The fraction of sp³-hybridized carbons (Fsp3) is 0.583. The summed E-state index contributed by atoms with van der Waals surface area (Å²) in [6, 6.07) is 3.94. The van der Waals surface area contributed by atoms with Crippen LogP contribution in [0.2, 0.25) is 4.34 Å². The second-order valence-electron chi connectivity index (χ2n) is 4.41. The second kappa shape index (κ2) is 5.85. The molecule has 0 radical (unpaired) electrons. The molecule has 2 heterocycles. The highest BCUT2D eigenvalue weighted by Gasteiger charge is 2.18. The van der Waals surface area contributed by atoms with E-state index in [-0.39, 0.29) is 5.91 Å². The number of carbonyl (C=O) groups excluding carboxylic acids is 1. The maximum Gasteiger partial charge on any atom is 0.261 e. The Balaban J connectivity index is 1.79. The molecule has 17 heavy (non-hydrogen) atoms. The third kappa shape index (κ3) is 3.44. The third-order valence-corrected chi connectivity index (χ3v) is 4.35. The SMILES string of the molecule is C[C@H](CNC(=O)c1ccc(Cl)s1)N1CCCC1. The van der Waals surface area contributed by atoms with Gasteiger partial charge in [0.2, 0.25) is 0 Å². The zero-order valence-electron chi connectivity index (χ0n) is 9.91. The standard InChI is InChI=1S/C12H17ClN2OS/c1-9(15-6-2-3-7-15)8-14-12(16)10-4-5-11(13)17-10/h4-5,9H,2-3,6-8H2,1H3,(H,14,16)/t9-/m1/s1. The van der Waals surface area contributed by atoms with Gasteiger partial charge in [-0.05, 0) is 45.0 Å². The predicted octanol–water partition coefficient (Wildman–Crippen LogP) is 2.62. The Morgan fingerprint density at radius 2 is 2.24 bits per heavy atom. The number of hydrogen-bond donors (Lipinski definition) is 1. The predicted molar refractivity (Wildman–Crippen MR) is 71.9 cm³/mol. The summed E-state index contributed by atoms with van der Waals surface area (Å²) in [5, 5.41) is 2.96. The van der Waals surface area contributed by atoms with Crippen LogP contribution in [0.5, 0.6) is 0 Å². The first-order chi connectivity index (χ1) is 8.16. The van der Waals surface area contributed by atoms with E-state index >= 15 is 0 Å². The molecule has 1 saturated heterocycles. The summed E-state index contributed by atoms with van der Waals surface area (Å²) in [6.07, 6.45) is 2.55. The summed E-state index contributed by atoms with van der Waals surface area (Å²) < 4.78 is 0.655. The lowest BCUT2D eigenvalue weighted by Crippen LogP contribution is -2.40. The molecule has 1 N–H and O–H groups in total. The van der Waals surface area contributed by atoms with Gasteiger partial charge in [-0.2, -0.15) is 0 Å². The Labute approximate surface area is 111 Å². The number of hydrogen-bond acceptors (Lipinski definition) is 3. The molecule has 5 heteroatoms. The average Bonchev–Trinajstić information content (AvgIpc) is 2.95. The fourth-order valence-electron chi connectivity index (χ4n) is 2.08. The highest BCUT2D eigenvalue weighted by molar-refractivity contribution is 7.17. The quantitative estimate of drug-likeness (QED) is 0.914. The highest BCUT2D eigenvalue weighted by atomic mass is 35.5. The zero-order chi connectivity index (χ0) is 12.3. The van der Waals surface area contributed by atoms with Crippen molar-refractivity contribution in [3.05, 3.63) is 21.3 Å². The number of amides is 1. The van der Waals surface area contributed by atoms with Crippen molar-refractivity contribution in [2.75, 3.05) is 19.6 Å². The van der Waals surface area contributed by atoms with Crippen LogP contribution >= 0.6 is 22.9 Å². The zero-order valence-corrected chi connectivity index (χ0v) is 11.5. The van der Waals surface area contributed by atoms with Gasteiger partial charge in [0.25, 0.3) is 5.91 Å². The third-order valence-electron chi connectivity index (χ3n) is 3.12. The molecule has 1 amide bonds. The molecule has 0 bridgehead atoms. The van der Waals surface area contributed by atoms with E-state index < -0.39 is 0 Å². The van der Waals surface area contributed by atoms with Crippen molar-refractivity contribution in [3.8, 4) is 0 Å². The lowest BCUT2D eigenvalue weighted by molar-refractivity contribution is 0.0944. The van der Waals surface area contributed by atoms with Gasteiger partial charge in [0.05, 0.1) is 9.21 Å². The Morgan fingerprint density at radius 1 is 1.53 bits per heavy atom. The summed E-state index contributed by atoms with van der Waals surface area (Å²) >= 11 is 7.12. The van der Waals surface area contributed by atoms with Crippen LogP contribution in [0, 0.1) is 0 Å². The molecule has 2 rings (SSSR count). The first-order valence-corrected chi connectivity index (χ1v) is 7.14. The van der Waals surface area contributed by atoms with E-state index in [2.05, 4.69) is 17.1 Å². The van der Waals surface area contributed by atoms with Gasteiger partial charge in [0.15, 0.2) is 0 Å². The smallest absolute Gasteiger partial charge is 0.261 e. The molecular formula is C12H17ClN2OS. The van der Waals surface area contributed by atoms with Gasteiger partial charge in [-0.3, -0.25) is 9.69 Å². The Bertz CT molecular complexity index is 388. The van der Waals surface area contributed by atoms with Crippen molar-refractivity contribution in [1.29, 1.82) is 0 Å². The van der Waals surface area contributed by atoms with E-state index in [9.17, 15) is 4.79 Å². The summed E-state index contributed by atoms with van der Waals surface area (Å²) in [5.41, 5.74) is 0. The molecule has 3 nitrogen and oxygen atoms in total. The van der Waals surface area contributed by atoms with E-state index in [0.29, 0.717) is 21.8 Å². The number of thiophene rings is 1. The second-order valence-corrected chi connectivity index (χ2v) is 6.12. The Hall–Kier alpha value is -0.580. The maximum absolute atomic E-state index is 11.8. The van der Waals surface area contributed by atoms with Crippen LogP contribution in [-0.4, -0.2) is 36.5 Å². The highest BCUT2D eigenvalue weighted by Crippen LogP contribution is 2.21. The molecular weight excluding hydrogens is 256 g/mol. The molecule has 1 aliphatic heterocycles. The van der Waals surface area contributed by atoms with E-state index in [0.717, 1.165) is 13.1 Å². The lowest BCUT2D eigenvalue weighted by atomic mass is 10.3. The molecule has 1 aromatic rings. The molecule has 0 aliphatic carbocycles. The fourth-order valence-corrected chi connectivity index (χ4v) is 3.03. The lowest BCUT2D eigenvalue weighted by Gasteiger charge is -2.23. The summed E-state index contributed by atoms with van der Waals surface area (Å²) in [4.78, 5) is 14.9. The van der Waals surface area contributed by atoms with Crippen LogP contribution < -0.4 is 5.32 Å². The Morgan fingerprint density at radius 3 is 2.82 bits per heavy atom. The Kier molecular flexibility index (Phi) is 4.42. The van der Waals surface area contributed by atoms with Crippen LogP contribution in [0.15, 0.2) is 12.1 Å². The first kappa shape index (κ1) is 12.9. The topological polar surface area (TPSA) is 32.3 Å². The van der Waals surface area contributed by atoms with Gasteiger partial charge < -0.3 is 5.32 Å². The monoisotopic (exact) mass is 272 g/mol. The largest absolute Gasteiger partial charge is 0.350 e. The van der Waals surface area contributed by atoms with Gasteiger partial charge in [-0.15, -0.1) is 11.3 Å². The van der Waals surface area contributed by atoms with Gasteiger partial charge in [-0.25, -0.2) is 0 Å². The molecule has 0 aromatic carbocycles. The van der Waals surface area contributed by atoms with Crippen molar-refractivity contribution in [2.24, 2.45) is 0 Å². The van der Waals surface area contributed by atoms with Gasteiger partial charge in [0.1, 0.15) is 0 Å². The van der Waals surface area contributed by atoms with E-state index in [1.165, 1.54) is 24.2 Å². The van der Waals surface area contributed by atoms with Crippen molar-refractivity contribution in [2.45, 2.75) is 25.8 Å². The van der Waals surface area contributed by atoms with Gasteiger partial charge in [-0.1, -0.05) is 11.6 Å². The van der Waals surface area contributed by atoms with Crippen molar-refractivity contribution >= 4 is 28.8 Å². The minimum absolute atomic E-state index is 0.0204. The van der Waals surface area contributed by atoms with E-state index in [1.807, 2.05) is 0 Å². The molecule has 1 aromatic heterocycles. The molecule has 0 saturated carbocycles. The number of carbonyl (C=O) groups is 1. The molecule has 1 aliphatic rings. The minimum Gasteiger partial charge on any atom is -0.350 e. The average molecular weight is 273 g/mol. The van der Waals surface area contributed by atoms with Crippen LogP contribution in [-0.2, 0) is 0 Å². The number of rotatable bonds is 4. The van der Waals surface area contributed by atoms with Crippen molar-refractivity contribution in [3.63, 3.8) is 0 Å². The summed E-state index contributed by atoms with van der Waals surface area (Å²) in [7, 11) is 0. The van der Waals surface area contributed by atoms with Crippen LogP contribution in [0.4, 0.5) is 0 Å². The minimum atomic E-state index is -0.0204. The first-order valence-electron chi connectivity index (χ1n) is 5.94. The molecule has 0 unspecified atom stereocenters. The number of likely N-dealkylation sites (tertiary alicyclic amines) is 1. The van der Waals surface area contributed by atoms with E-state index in [4.69, 9.17) is 11.6 Å². The van der Waals surface area contributed by atoms with Crippen molar-refractivity contribution in [1.82, 2.24) is 10.2 Å².